The molecule has 0 bridgehead atoms. The van der Waals surface area contributed by atoms with E-state index in [2.05, 4.69) is 39.3 Å². The van der Waals surface area contributed by atoms with E-state index >= 15 is 0 Å². The summed E-state index contributed by atoms with van der Waals surface area (Å²) in [6.45, 7) is 6.79. The van der Waals surface area contributed by atoms with Crippen molar-refractivity contribution in [3.63, 3.8) is 0 Å². The predicted molar refractivity (Wildman–Crippen MR) is 209 cm³/mol. The smallest absolute Gasteiger partial charge is 0.0409 e. The second-order valence-corrected chi connectivity index (χ2v) is 15.0. The van der Waals surface area contributed by atoms with Crippen LogP contribution in [0.15, 0.2) is 12.1 Å². The molecule has 46 heavy (non-hydrogen) atoms. The Balaban J connectivity index is 1.95. The van der Waals surface area contributed by atoms with Gasteiger partial charge in [0.25, 0.3) is 0 Å². The van der Waals surface area contributed by atoms with E-state index in [4.69, 9.17) is 4.98 Å². The van der Waals surface area contributed by atoms with Crippen LogP contribution in [0.1, 0.15) is 256 Å². The Morgan fingerprint density at radius 3 is 0.783 bits per heavy atom. The van der Waals surface area contributed by atoms with E-state index in [9.17, 15) is 0 Å². The monoisotopic (exact) mass is 639 g/mol. The highest BCUT2D eigenvalue weighted by Gasteiger charge is 2.04. The number of unbranched alkanes of at least 4 members (excludes halogenated alkanes) is 32. The maximum atomic E-state index is 5.08. The molecule has 1 aromatic rings. The number of hydrogen-bond donors (Lipinski definition) is 0. The van der Waals surface area contributed by atoms with Gasteiger partial charge >= 0.3 is 0 Å². The molecule has 1 aromatic heterocycles. The maximum Gasteiger partial charge on any atom is 0.0409 e. The lowest BCUT2D eigenvalue weighted by Crippen LogP contribution is -1.99. The van der Waals surface area contributed by atoms with Crippen molar-refractivity contribution in [2.75, 3.05) is 0 Å². The Labute approximate surface area is 291 Å². The largest absolute Gasteiger partial charge is 0.258 e. The Hall–Kier alpha value is -0.850. The molecule has 0 saturated heterocycles. The first-order chi connectivity index (χ1) is 22.8. The van der Waals surface area contributed by atoms with Gasteiger partial charge < -0.3 is 0 Å². The van der Waals surface area contributed by atoms with Crippen molar-refractivity contribution >= 4 is 0 Å². The molecule has 0 amide bonds. The Morgan fingerprint density at radius 1 is 0.348 bits per heavy atom. The summed E-state index contributed by atoms with van der Waals surface area (Å²) in [4.78, 5) is 5.08. The molecule has 0 unspecified atom stereocenters. The summed E-state index contributed by atoms with van der Waals surface area (Å²) in [7, 11) is 0. The fourth-order valence-electron chi connectivity index (χ4n) is 7.16. The van der Waals surface area contributed by atoms with Crippen LogP contribution in [0, 0.1) is 6.42 Å². The number of aromatic nitrogens is 1. The molecule has 0 fully saturated rings. The van der Waals surface area contributed by atoms with Crippen LogP contribution in [0.4, 0.5) is 0 Å². The molecule has 0 saturated carbocycles. The zero-order chi connectivity index (χ0) is 33.0. The molecule has 1 heteroatoms. The van der Waals surface area contributed by atoms with Crippen LogP contribution in [-0.2, 0) is 12.8 Å². The Bertz CT molecular complexity index is 667. The van der Waals surface area contributed by atoms with Gasteiger partial charge in [-0.25, -0.2) is 0 Å². The molecular formula is C45H84N. The van der Waals surface area contributed by atoms with Crippen LogP contribution in [0.3, 0.4) is 0 Å². The van der Waals surface area contributed by atoms with Crippen molar-refractivity contribution in [1.29, 1.82) is 0 Å². The number of rotatable bonds is 37. The number of aryl methyl sites for hydroxylation is 2. The molecule has 0 aliphatic carbocycles. The van der Waals surface area contributed by atoms with Gasteiger partial charge in [-0.1, -0.05) is 226 Å². The summed E-state index contributed by atoms with van der Waals surface area (Å²) >= 11 is 0. The Kier molecular flexibility index (Phi) is 33.3. The molecule has 0 aliphatic heterocycles. The van der Waals surface area contributed by atoms with E-state index in [0.29, 0.717) is 0 Å². The van der Waals surface area contributed by atoms with Crippen molar-refractivity contribution in [2.24, 2.45) is 0 Å². The molecule has 1 nitrogen and oxygen atoms in total. The average molecular weight is 639 g/mol. The predicted octanol–water partition coefficient (Wildman–Crippen LogP) is 16.0. The summed E-state index contributed by atoms with van der Waals surface area (Å²) in [5.41, 5.74) is 4.04. The quantitative estimate of drug-likeness (QED) is 0.0661. The lowest BCUT2D eigenvalue weighted by Gasteiger charge is -2.09. The second-order valence-electron chi connectivity index (χ2n) is 15.0. The third-order valence-electron chi connectivity index (χ3n) is 10.4. The standard InChI is InChI=1S/C45H84N/c1-4-7-9-11-13-15-17-19-21-23-25-27-29-31-33-35-37-39-44-41-43(6-3)42-45(46-44)40-38-36-34-32-30-28-26-24-22-20-18-16-14-12-10-8-5-2/h6,41-42H,4-5,7-40H2,1-3H3. The third kappa shape index (κ3) is 29.3. The van der Waals surface area contributed by atoms with Crippen LogP contribution in [0.2, 0.25) is 0 Å². The molecule has 1 heterocycles. The summed E-state index contributed by atoms with van der Waals surface area (Å²) in [6.07, 6.45) is 53.4. The Morgan fingerprint density at radius 2 is 0.565 bits per heavy atom. The fraction of sp³-hybridized carbons (Fsp3) is 0.867. The van der Waals surface area contributed by atoms with Crippen molar-refractivity contribution in [2.45, 2.75) is 252 Å². The van der Waals surface area contributed by atoms with Crippen molar-refractivity contribution in [3.8, 4) is 0 Å². The maximum absolute atomic E-state index is 5.08. The molecular weight excluding hydrogens is 555 g/mol. The van der Waals surface area contributed by atoms with Crippen molar-refractivity contribution in [3.05, 3.63) is 35.5 Å². The first-order valence-electron chi connectivity index (χ1n) is 21.6. The van der Waals surface area contributed by atoms with Gasteiger partial charge in [-0.3, -0.25) is 4.98 Å². The molecule has 0 atom stereocenters. The van der Waals surface area contributed by atoms with Gasteiger partial charge in [0.2, 0.25) is 0 Å². The van der Waals surface area contributed by atoms with Crippen LogP contribution in [0.5, 0.6) is 0 Å². The van der Waals surface area contributed by atoms with E-state index in [0.717, 1.165) is 12.8 Å². The minimum absolute atomic E-state index is 1.16. The van der Waals surface area contributed by atoms with Crippen LogP contribution in [0.25, 0.3) is 0 Å². The van der Waals surface area contributed by atoms with Gasteiger partial charge in [-0.2, -0.15) is 0 Å². The van der Waals surface area contributed by atoms with Gasteiger partial charge in [0, 0.05) is 11.4 Å². The number of nitrogens with zero attached hydrogens (tertiary/aromatic N) is 1. The number of hydrogen-bond acceptors (Lipinski definition) is 1. The van der Waals surface area contributed by atoms with E-state index in [1.54, 1.807) is 0 Å². The third-order valence-corrected chi connectivity index (χ3v) is 10.4. The molecule has 1 radical (unpaired) electrons. The van der Waals surface area contributed by atoms with Gasteiger partial charge in [0.05, 0.1) is 0 Å². The summed E-state index contributed by atoms with van der Waals surface area (Å²) < 4.78 is 0. The molecule has 0 aliphatic rings. The summed E-state index contributed by atoms with van der Waals surface area (Å²) in [6, 6.07) is 4.68. The van der Waals surface area contributed by atoms with Gasteiger partial charge in [0.15, 0.2) is 0 Å². The van der Waals surface area contributed by atoms with Crippen molar-refractivity contribution in [1.82, 2.24) is 4.98 Å². The topological polar surface area (TPSA) is 12.9 Å². The first-order valence-corrected chi connectivity index (χ1v) is 21.6. The average Bonchev–Trinajstić information content (AvgIpc) is 3.07. The second kappa shape index (κ2) is 35.5. The van der Waals surface area contributed by atoms with E-state index < -0.39 is 0 Å². The highest BCUT2D eigenvalue weighted by molar-refractivity contribution is 5.27. The normalized spacial score (nSPS) is 11.5. The molecule has 0 N–H and O–H groups in total. The van der Waals surface area contributed by atoms with E-state index in [1.165, 1.54) is 235 Å². The summed E-state index contributed by atoms with van der Waals surface area (Å²) in [5, 5.41) is 0. The van der Waals surface area contributed by atoms with Gasteiger partial charge in [-0.05, 0) is 49.8 Å². The zero-order valence-electron chi connectivity index (χ0n) is 32.1. The van der Waals surface area contributed by atoms with Crippen LogP contribution in [-0.4, -0.2) is 4.98 Å². The number of pyridine rings is 1. The first kappa shape index (κ1) is 43.2. The minimum atomic E-state index is 1.16. The van der Waals surface area contributed by atoms with E-state index in [1.807, 2.05) is 0 Å². The minimum Gasteiger partial charge on any atom is -0.258 e. The van der Waals surface area contributed by atoms with E-state index in [-0.39, 0.29) is 0 Å². The SMILES string of the molecule is C[CH]c1cc(CCCCCCCCCCCCCCCCCCC)nc(CCCCCCCCCCCCCCCCCCC)c1. The molecule has 269 valence electrons. The zero-order valence-corrected chi connectivity index (χ0v) is 32.1. The van der Waals surface area contributed by atoms with Gasteiger partial charge in [-0.15, -0.1) is 0 Å². The highest BCUT2D eigenvalue weighted by atomic mass is 14.7. The van der Waals surface area contributed by atoms with Crippen LogP contribution >= 0.6 is 0 Å². The highest BCUT2D eigenvalue weighted by Crippen LogP contribution is 2.18. The van der Waals surface area contributed by atoms with Crippen LogP contribution < -0.4 is 0 Å². The lowest BCUT2D eigenvalue weighted by molar-refractivity contribution is 0.526. The lowest BCUT2D eigenvalue weighted by atomic mass is 10.0. The van der Waals surface area contributed by atoms with Gasteiger partial charge in [0.1, 0.15) is 0 Å². The molecule has 0 spiro atoms. The summed E-state index contributed by atoms with van der Waals surface area (Å²) in [5.74, 6) is 0. The van der Waals surface area contributed by atoms with Crippen molar-refractivity contribution < 1.29 is 0 Å². The molecule has 0 aromatic carbocycles. The fourth-order valence-corrected chi connectivity index (χ4v) is 7.16. The molecule has 1 rings (SSSR count).